The quantitative estimate of drug-likeness (QED) is 0.768. The van der Waals surface area contributed by atoms with Crippen molar-refractivity contribution in [1.82, 2.24) is 0 Å². The van der Waals surface area contributed by atoms with Crippen LogP contribution in [0.4, 0.5) is 10.5 Å². The minimum atomic E-state index is -0.523. The fourth-order valence-corrected chi connectivity index (χ4v) is 2.99. The number of carbonyl (C=O) groups is 1. The van der Waals surface area contributed by atoms with Gasteiger partial charge in [-0.1, -0.05) is 30.3 Å². The summed E-state index contributed by atoms with van der Waals surface area (Å²) in [5.74, 6) is 0.678. The van der Waals surface area contributed by atoms with Gasteiger partial charge in [0.25, 0.3) is 0 Å². The van der Waals surface area contributed by atoms with Gasteiger partial charge in [0.15, 0.2) is 0 Å². The predicted molar refractivity (Wildman–Crippen MR) is 88.6 cm³/mol. The lowest BCUT2D eigenvalue weighted by molar-refractivity contribution is 0.155. The predicted octanol–water partition coefficient (Wildman–Crippen LogP) is 4.97. The Kier molecular flexibility index (Phi) is 5.64. The lowest BCUT2D eigenvalue weighted by Gasteiger charge is -2.12. The zero-order chi connectivity index (χ0) is 15.2. The van der Waals surface area contributed by atoms with Crippen LogP contribution in [0.3, 0.4) is 0 Å². The Morgan fingerprint density at radius 1 is 1.14 bits per heavy atom. The first-order valence-electron chi connectivity index (χ1n) is 6.11. The molecular weight excluding hydrogens is 402 g/mol. The summed E-state index contributed by atoms with van der Waals surface area (Å²) >= 11 is 6.77. The molecule has 2 aromatic rings. The minimum Gasteiger partial charge on any atom is -0.497 e. The number of nitrogens with one attached hydrogen (secondary N) is 1. The fourth-order valence-electron chi connectivity index (χ4n) is 1.65. The summed E-state index contributed by atoms with van der Waals surface area (Å²) in [6, 6.07) is 13.0. The van der Waals surface area contributed by atoms with E-state index in [0.717, 1.165) is 5.56 Å². The molecular formula is C15H13Br2NO3. The molecule has 2 aromatic carbocycles. The first-order chi connectivity index (χ1) is 10.1. The van der Waals surface area contributed by atoms with Crippen molar-refractivity contribution in [3.8, 4) is 5.75 Å². The van der Waals surface area contributed by atoms with E-state index in [1.807, 2.05) is 30.3 Å². The number of amides is 1. The first kappa shape index (κ1) is 15.9. The molecule has 0 bridgehead atoms. The Morgan fingerprint density at radius 3 is 2.33 bits per heavy atom. The topological polar surface area (TPSA) is 47.6 Å². The summed E-state index contributed by atoms with van der Waals surface area (Å²) in [5, 5.41) is 2.69. The van der Waals surface area contributed by atoms with E-state index >= 15 is 0 Å². The van der Waals surface area contributed by atoms with Gasteiger partial charge in [-0.05, 0) is 49.6 Å². The molecule has 21 heavy (non-hydrogen) atoms. The van der Waals surface area contributed by atoms with Crippen LogP contribution in [0.1, 0.15) is 5.56 Å². The molecule has 0 radical (unpaired) electrons. The third-order valence-electron chi connectivity index (χ3n) is 2.69. The molecule has 4 nitrogen and oxygen atoms in total. The van der Waals surface area contributed by atoms with Crippen molar-refractivity contribution in [2.75, 3.05) is 12.4 Å². The number of ether oxygens (including phenoxy) is 2. The van der Waals surface area contributed by atoms with Gasteiger partial charge in [-0.25, -0.2) is 4.79 Å². The highest BCUT2D eigenvalue weighted by Crippen LogP contribution is 2.35. The molecule has 0 fully saturated rings. The van der Waals surface area contributed by atoms with Crippen LogP contribution < -0.4 is 10.1 Å². The van der Waals surface area contributed by atoms with Crippen LogP contribution in [0, 0.1) is 0 Å². The van der Waals surface area contributed by atoms with Crippen molar-refractivity contribution in [1.29, 1.82) is 0 Å². The molecule has 0 saturated carbocycles. The number of halogens is 2. The molecule has 0 aliphatic rings. The fraction of sp³-hybridized carbons (Fsp3) is 0.133. The maximum absolute atomic E-state index is 11.8. The van der Waals surface area contributed by atoms with Crippen LogP contribution >= 0.6 is 31.9 Å². The largest absolute Gasteiger partial charge is 0.497 e. The average molecular weight is 415 g/mol. The third-order valence-corrected chi connectivity index (χ3v) is 3.94. The van der Waals surface area contributed by atoms with Crippen molar-refractivity contribution in [3.05, 3.63) is 57.0 Å². The Morgan fingerprint density at radius 2 is 1.76 bits per heavy atom. The van der Waals surface area contributed by atoms with Crippen LogP contribution in [-0.2, 0) is 11.3 Å². The van der Waals surface area contributed by atoms with Crippen molar-refractivity contribution in [3.63, 3.8) is 0 Å². The average Bonchev–Trinajstić information content (AvgIpc) is 2.49. The lowest BCUT2D eigenvalue weighted by atomic mass is 10.2. The Hall–Kier alpha value is -1.53. The monoisotopic (exact) mass is 413 g/mol. The van der Waals surface area contributed by atoms with Gasteiger partial charge >= 0.3 is 6.09 Å². The smallest absolute Gasteiger partial charge is 0.412 e. The lowest BCUT2D eigenvalue weighted by Crippen LogP contribution is -2.14. The normalized spacial score (nSPS) is 10.0. The molecule has 0 spiro atoms. The number of carbonyl (C=O) groups excluding carboxylic acids is 1. The molecule has 0 heterocycles. The Bertz CT molecular complexity index is 609. The molecule has 0 unspecified atom stereocenters. The molecule has 0 aliphatic carbocycles. The molecule has 0 saturated heterocycles. The van der Waals surface area contributed by atoms with E-state index in [9.17, 15) is 4.79 Å². The maximum Gasteiger partial charge on any atom is 0.412 e. The zero-order valence-electron chi connectivity index (χ0n) is 11.2. The zero-order valence-corrected chi connectivity index (χ0v) is 14.4. The van der Waals surface area contributed by atoms with E-state index in [4.69, 9.17) is 9.47 Å². The number of methoxy groups -OCH3 is 1. The van der Waals surface area contributed by atoms with Gasteiger partial charge in [-0.15, -0.1) is 0 Å². The van der Waals surface area contributed by atoms with Crippen LogP contribution in [0.25, 0.3) is 0 Å². The van der Waals surface area contributed by atoms with Gasteiger partial charge in [0, 0.05) is 8.95 Å². The summed E-state index contributed by atoms with van der Waals surface area (Å²) in [6.07, 6.45) is -0.523. The molecule has 6 heteroatoms. The number of hydrogen-bond acceptors (Lipinski definition) is 3. The Labute approximate surface area is 139 Å². The molecule has 110 valence electrons. The van der Waals surface area contributed by atoms with Gasteiger partial charge in [-0.3, -0.25) is 5.32 Å². The van der Waals surface area contributed by atoms with Crippen molar-refractivity contribution in [2.45, 2.75) is 6.61 Å². The second-order valence-electron chi connectivity index (χ2n) is 4.15. The SMILES string of the molecule is COc1cc(Br)c(NC(=O)OCc2ccccc2)c(Br)c1. The third kappa shape index (κ3) is 4.47. The van der Waals surface area contributed by atoms with Gasteiger partial charge < -0.3 is 9.47 Å². The number of benzene rings is 2. The van der Waals surface area contributed by atoms with E-state index < -0.39 is 6.09 Å². The summed E-state index contributed by atoms with van der Waals surface area (Å²) in [4.78, 5) is 11.8. The molecule has 0 aliphatic heterocycles. The summed E-state index contributed by atoms with van der Waals surface area (Å²) in [7, 11) is 1.58. The molecule has 0 aromatic heterocycles. The highest BCUT2D eigenvalue weighted by molar-refractivity contribution is 9.11. The van der Waals surface area contributed by atoms with E-state index in [1.54, 1.807) is 19.2 Å². The molecule has 1 amide bonds. The first-order valence-corrected chi connectivity index (χ1v) is 7.69. The van der Waals surface area contributed by atoms with Crippen LogP contribution in [0.15, 0.2) is 51.4 Å². The van der Waals surface area contributed by atoms with E-state index in [0.29, 0.717) is 20.4 Å². The second-order valence-corrected chi connectivity index (χ2v) is 5.86. The summed E-state index contributed by atoms with van der Waals surface area (Å²) in [6.45, 7) is 0.220. The van der Waals surface area contributed by atoms with E-state index in [-0.39, 0.29) is 6.61 Å². The van der Waals surface area contributed by atoms with Gasteiger partial charge in [0.1, 0.15) is 12.4 Å². The molecule has 1 N–H and O–H groups in total. The molecule has 0 atom stereocenters. The van der Waals surface area contributed by atoms with E-state index in [1.165, 1.54) is 0 Å². The van der Waals surface area contributed by atoms with Gasteiger partial charge in [0.2, 0.25) is 0 Å². The highest BCUT2D eigenvalue weighted by Gasteiger charge is 2.12. The van der Waals surface area contributed by atoms with E-state index in [2.05, 4.69) is 37.2 Å². The maximum atomic E-state index is 11.8. The number of anilines is 1. The molecule has 2 rings (SSSR count). The van der Waals surface area contributed by atoms with Crippen LogP contribution in [-0.4, -0.2) is 13.2 Å². The van der Waals surface area contributed by atoms with Gasteiger partial charge in [0.05, 0.1) is 12.8 Å². The van der Waals surface area contributed by atoms with Gasteiger partial charge in [-0.2, -0.15) is 0 Å². The van der Waals surface area contributed by atoms with Crippen molar-refractivity contribution < 1.29 is 14.3 Å². The second kappa shape index (κ2) is 7.47. The minimum absolute atomic E-state index is 0.220. The standard InChI is InChI=1S/C15H13Br2NO3/c1-20-11-7-12(16)14(13(17)8-11)18-15(19)21-9-10-5-3-2-4-6-10/h2-8H,9H2,1H3,(H,18,19). The number of rotatable bonds is 4. The Balaban J connectivity index is 2.00. The van der Waals surface area contributed by atoms with Crippen LogP contribution in [0.5, 0.6) is 5.75 Å². The van der Waals surface area contributed by atoms with Crippen molar-refractivity contribution in [2.24, 2.45) is 0 Å². The van der Waals surface area contributed by atoms with Crippen LogP contribution in [0.2, 0.25) is 0 Å². The van der Waals surface area contributed by atoms with Crippen molar-refractivity contribution >= 4 is 43.6 Å². The number of hydrogen-bond donors (Lipinski definition) is 1. The highest BCUT2D eigenvalue weighted by atomic mass is 79.9. The summed E-state index contributed by atoms with van der Waals surface area (Å²) in [5.41, 5.74) is 1.52. The summed E-state index contributed by atoms with van der Waals surface area (Å²) < 4.78 is 11.7.